The molecule has 0 radical (unpaired) electrons. The molecular formula is C23H22ClF3N2O3. The third kappa shape index (κ3) is 4.09. The maximum absolute atomic E-state index is 15.3. The zero-order valence-corrected chi connectivity index (χ0v) is 18.0. The van der Waals surface area contributed by atoms with E-state index in [1.165, 1.54) is 36.1 Å². The largest absolute Gasteiger partial charge is 0.393 e. The lowest BCUT2D eigenvalue weighted by molar-refractivity contribution is -0.165. The van der Waals surface area contributed by atoms with Crippen LogP contribution < -0.4 is 5.32 Å². The van der Waals surface area contributed by atoms with Crippen LogP contribution in [0.3, 0.4) is 0 Å². The minimum absolute atomic E-state index is 0.115. The van der Waals surface area contributed by atoms with Crippen molar-refractivity contribution < 1.29 is 27.9 Å². The van der Waals surface area contributed by atoms with Crippen LogP contribution in [0.15, 0.2) is 36.4 Å². The highest BCUT2D eigenvalue weighted by Crippen LogP contribution is 2.42. The summed E-state index contributed by atoms with van der Waals surface area (Å²) < 4.78 is 44.1. The molecule has 0 unspecified atom stereocenters. The fourth-order valence-electron chi connectivity index (χ4n) is 4.59. The second-order valence-corrected chi connectivity index (χ2v) is 8.82. The Bertz CT molecular complexity index is 1060. The lowest BCUT2D eigenvalue weighted by atomic mass is 9.97. The Labute approximate surface area is 188 Å². The van der Waals surface area contributed by atoms with E-state index in [2.05, 4.69) is 5.32 Å². The first-order valence-electron chi connectivity index (χ1n) is 10.3. The molecule has 0 saturated carbocycles. The molecule has 2 N–H and O–H groups in total. The summed E-state index contributed by atoms with van der Waals surface area (Å²) in [6.45, 7) is 1.53. The van der Waals surface area contributed by atoms with Crippen molar-refractivity contribution in [1.29, 1.82) is 0 Å². The number of anilines is 1. The number of fused-ring (bicyclic) bond motifs is 2. The van der Waals surface area contributed by atoms with Crippen LogP contribution in [0.1, 0.15) is 47.2 Å². The number of nitrogens with one attached hydrogen (secondary N) is 1. The summed E-state index contributed by atoms with van der Waals surface area (Å²) in [4.78, 5) is 26.7. The van der Waals surface area contributed by atoms with Gasteiger partial charge in [0, 0.05) is 23.3 Å². The van der Waals surface area contributed by atoms with Gasteiger partial charge < -0.3 is 15.3 Å². The van der Waals surface area contributed by atoms with Gasteiger partial charge in [0.15, 0.2) is 0 Å². The molecule has 2 aliphatic rings. The number of hydrogen-bond acceptors (Lipinski definition) is 3. The number of benzene rings is 2. The number of carbonyl (C=O) groups excluding carboxylic acids is 2. The number of aryl methyl sites for hydroxylation is 1. The minimum Gasteiger partial charge on any atom is -0.393 e. The van der Waals surface area contributed by atoms with Crippen LogP contribution in [0.25, 0.3) is 0 Å². The van der Waals surface area contributed by atoms with Gasteiger partial charge in [-0.3, -0.25) is 9.59 Å². The molecule has 32 heavy (non-hydrogen) atoms. The van der Waals surface area contributed by atoms with E-state index >= 15 is 8.78 Å². The molecule has 2 aromatic carbocycles. The molecule has 2 fully saturated rings. The average molecular weight is 467 g/mol. The topological polar surface area (TPSA) is 69.6 Å². The molecule has 9 heteroatoms. The summed E-state index contributed by atoms with van der Waals surface area (Å²) >= 11 is 6.01. The molecule has 5 nitrogen and oxygen atoms in total. The molecule has 170 valence electrons. The Hall–Kier alpha value is -2.58. The van der Waals surface area contributed by atoms with Crippen molar-refractivity contribution in [3.8, 4) is 0 Å². The summed E-state index contributed by atoms with van der Waals surface area (Å²) in [7, 11) is 0. The van der Waals surface area contributed by atoms with E-state index in [9.17, 15) is 19.1 Å². The second-order valence-electron chi connectivity index (χ2n) is 8.41. The van der Waals surface area contributed by atoms with Crippen molar-refractivity contribution in [3.63, 3.8) is 0 Å². The van der Waals surface area contributed by atoms with Gasteiger partial charge in [-0.15, -0.1) is 0 Å². The molecule has 4 rings (SSSR count). The summed E-state index contributed by atoms with van der Waals surface area (Å²) in [6.07, 6.45) is 1.07. The molecule has 2 aliphatic heterocycles. The maximum Gasteiger partial charge on any atom is 0.351 e. The van der Waals surface area contributed by atoms with Crippen LogP contribution >= 0.6 is 11.6 Å². The molecule has 3 atom stereocenters. The Morgan fingerprint density at radius 1 is 1.12 bits per heavy atom. The van der Waals surface area contributed by atoms with E-state index in [4.69, 9.17) is 11.6 Å². The number of aliphatic hydroxyl groups excluding tert-OH is 1. The fourth-order valence-corrected chi connectivity index (χ4v) is 4.83. The van der Waals surface area contributed by atoms with Gasteiger partial charge in [-0.1, -0.05) is 11.6 Å². The molecular weight excluding hydrogens is 445 g/mol. The Morgan fingerprint density at radius 3 is 2.41 bits per heavy atom. The maximum atomic E-state index is 15.3. The molecule has 0 aromatic heterocycles. The van der Waals surface area contributed by atoms with Gasteiger partial charge in [0.05, 0.1) is 16.7 Å². The molecule has 0 spiro atoms. The van der Waals surface area contributed by atoms with Crippen LogP contribution in [0.2, 0.25) is 5.02 Å². The monoisotopic (exact) mass is 466 g/mol. The highest BCUT2D eigenvalue weighted by Gasteiger charge is 2.52. The SMILES string of the molecule is Cc1cc(NC(=O)c2ccc(Cl)c(C(F)(F)C(=O)N3[C@@H]4CC[C@H]3C[C@@H](O)C4)c2)ccc1F. The standard InChI is InChI=1S/C23H22ClF3N2O3/c1-12-8-14(3-7-20(12)25)28-21(31)13-2-6-19(24)18(9-13)23(26,27)22(32)29-15-4-5-16(29)11-17(30)10-15/h2-3,6-9,15-17,30H,4-5,10-11H2,1H3,(H,28,31)/t15-,16+,17+. The van der Waals surface area contributed by atoms with Gasteiger partial charge in [0.2, 0.25) is 0 Å². The number of nitrogens with zero attached hydrogens (tertiary/aromatic N) is 1. The molecule has 2 bridgehead atoms. The van der Waals surface area contributed by atoms with Crippen molar-refractivity contribution in [2.24, 2.45) is 0 Å². The fraction of sp³-hybridized carbons (Fsp3) is 0.391. The molecule has 2 amide bonds. The minimum atomic E-state index is -3.94. The molecule has 2 heterocycles. The van der Waals surface area contributed by atoms with E-state index < -0.39 is 47.3 Å². The van der Waals surface area contributed by atoms with Crippen LogP contribution in [-0.2, 0) is 10.7 Å². The normalized spacial score (nSPS) is 22.7. The zero-order chi connectivity index (χ0) is 23.2. The van der Waals surface area contributed by atoms with E-state index in [0.29, 0.717) is 24.1 Å². The van der Waals surface area contributed by atoms with Gasteiger partial charge in [-0.2, -0.15) is 8.78 Å². The average Bonchev–Trinajstić information content (AvgIpc) is 3.00. The van der Waals surface area contributed by atoms with E-state index in [0.717, 1.165) is 12.1 Å². The number of aliphatic hydroxyl groups is 1. The Balaban J connectivity index is 1.59. The number of rotatable bonds is 4. The lowest BCUT2D eigenvalue weighted by Crippen LogP contribution is -2.52. The lowest BCUT2D eigenvalue weighted by Gasteiger charge is -2.39. The Morgan fingerprint density at radius 2 is 1.78 bits per heavy atom. The van der Waals surface area contributed by atoms with Crippen molar-refractivity contribution in [1.82, 2.24) is 4.90 Å². The van der Waals surface area contributed by atoms with Crippen molar-refractivity contribution >= 4 is 29.1 Å². The first-order chi connectivity index (χ1) is 15.1. The zero-order valence-electron chi connectivity index (χ0n) is 17.2. The molecule has 2 aromatic rings. The predicted octanol–water partition coefficient (Wildman–Crippen LogP) is 4.65. The summed E-state index contributed by atoms with van der Waals surface area (Å²) in [5, 5.41) is 12.1. The highest BCUT2D eigenvalue weighted by molar-refractivity contribution is 6.32. The molecule has 2 saturated heterocycles. The number of amides is 2. The van der Waals surface area contributed by atoms with Gasteiger partial charge in [-0.25, -0.2) is 4.39 Å². The third-order valence-electron chi connectivity index (χ3n) is 6.19. The Kier molecular flexibility index (Phi) is 5.94. The first kappa shape index (κ1) is 22.6. The third-order valence-corrected chi connectivity index (χ3v) is 6.52. The van der Waals surface area contributed by atoms with Gasteiger partial charge >= 0.3 is 5.92 Å². The number of hydrogen-bond donors (Lipinski definition) is 2. The number of carbonyl (C=O) groups is 2. The summed E-state index contributed by atoms with van der Waals surface area (Å²) in [6, 6.07) is 6.43. The first-order valence-corrected chi connectivity index (χ1v) is 10.7. The van der Waals surface area contributed by atoms with Crippen LogP contribution in [0, 0.1) is 12.7 Å². The summed E-state index contributed by atoms with van der Waals surface area (Å²) in [5.74, 6) is -6.44. The van der Waals surface area contributed by atoms with Gasteiger partial charge in [-0.05, 0) is 74.6 Å². The van der Waals surface area contributed by atoms with Crippen molar-refractivity contribution in [2.75, 3.05) is 5.32 Å². The highest BCUT2D eigenvalue weighted by atomic mass is 35.5. The van der Waals surface area contributed by atoms with Crippen LogP contribution in [-0.4, -0.2) is 40.0 Å². The smallest absolute Gasteiger partial charge is 0.351 e. The second kappa shape index (κ2) is 8.41. The van der Waals surface area contributed by atoms with E-state index in [1.54, 1.807) is 0 Å². The number of alkyl halides is 2. The quantitative estimate of drug-likeness (QED) is 0.689. The van der Waals surface area contributed by atoms with Crippen LogP contribution in [0.5, 0.6) is 0 Å². The van der Waals surface area contributed by atoms with Crippen LogP contribution in [0.4, 0.5) is 18.9 Å². The summed E-state index contributed by atoms with van der Waals surface area (Å²) in [5.41, 5.74) is -0.247. The van der Waals surface area contributed by atoms with Gasteiger partial charge in [0.25, 0.3) is 11.8 Å². The predicted molar refractivity (Wildman–Crippen MR) is 113 cm³/mol. The van der Waals surface area contributed by atoms with Crippen molar-refractivity contribution in [3.05, 3.63) is 63.9 Å². The van der Waals surface area contributed by atoms with Crippen molar-refractivity contribution in [2.45, 2.75) is 56.7 Å². The van der Waals surface area contributed by atoms with Gasteiger partial charge in [0.1, 0.15) is 5.82 Å². The van der Waals surface area contributed by atoms with E-state index in [-0.39, 0.29) is 23.4 Å². The molecule has 0 aliphatic carbocycles. The van der Waals surface area contributed by atoms with E-state index in [1.807, 2.05) is 0 Å². The number of halogens is 4. The number of piperidine rings is 1.